The number of likely N-dealkylation sites (N-methyl/N-ethyl adjacent to an activating group) is 1. The number of amides is 4. The highest BCUT2D eigenvalue weighted by atomic mass is 16.2. The quantitative estimate of drug-likeness (QED) is 0.302. The third-order valence-corrected chi connectivity index (χ3v) is 9.24. The zero-order valence-corrected chi connectivity index (χ0v) is 29.6. The molecule has 0 bridgehead atoms. The summed E-state index contributed by atoms with van der Waals surface area (Å²) in [5.41, 5.74) is -0.120. The molecule has 11 nitrogen and oxygen atoms in total. The number of nitrogens with zero attached hydrogens (tertiary/aromatic N) is 6. The SMILES string of the molecule is C/C(=C\[C@H](C(C)C)N(C)C(=O)C(NC(=O)C1CCCCN1C(C)C)C(C)(C)C)C(=O)N1CCCC1C(=O)N(CCC#N)CCC#N. The van der Waals surface area contributed by atoms with Gasteiger partial charge in [0, 0.05) is 38.3 Å². The van der Waals surface area contributed by atoms with Gasteiger partial charge in [-0.1, -0.05) is 47.1 Å². The molecule has 2 fully saturated rings. The Morgan fingerprint density at radius 1 is 0.935 bits per heavy atom. The summed E-state index contributed by atoms with van der Waals surface area (Å²) >= 11 is 0. The van der Waals surface area contributed by atoms with Crippen LogP contribution >= 0.6 is 0 Å². The molecule has 0 aromatic heterocycles. The summed E-state index contributed by atoms with van der Waals surface area (Å²) in [7, 11) is 1.72. The number of likely N-dealkylation sites (tertiary alicyclic amines) is 2. The molecule has 0 saturated carbocycles. The Hall–Kier alpha value is -3.44. The molecule has 4 amide bonds. The van der Waals surface area contributed by atoms with Gasteiger partial charge in [0.2, 0.25) is 23.6 Å². The zero-order valence-electron chi connectivity index (χ0n) is 29.6. The van der Waals surface area contributed by atoms with E-state index in [0.29, 0.717) is 25.0 Å². The van der Waals surface area contributed by atoms with Gasteiger partial charge in [0.25, 0.3) is 0 Å². The van der Waals surface area contributed by atoms with Crippen LogP contribution in [0.3, 0.4) is 0 Å². The van der Waals surface area contributed by atoms with Gasteiger partial charge in [-0.25, -0.2) is 0 Å². The molecule has 3 unspecified atom stereocenters. The normalized spacial score (nSPS) is 20.5. The van der Waals surface area contributed by atoms with E-state index in [9.17, 15) is 19.2 Å². The van der Waals surface area contributed by atoms with Gasteiger partial charge >= 0.3 is 0 Å². The van der Waals surface area contributed by atoms with E-state index in [0.717, 1.165) is 25.8 Å². The maximum atomic E-state index is 14.1. The molecular formula is C35H57N7O4. The summed E-state index contributed by atoms with van der Waals surface area (Å²) in [6, 6.07) is 2.20. The molecule has 2 rings (SSSR count). The molecule has 256 valence electrons. The minimum Gasteiger partial charge on any atom is -0.342 e. The van der Waals surface area contributed by atoms with Crippen molar-refractivity contribution in [3.05, 3.63) is 11.6 Å². The second-order valence-electron chi connectivity index (χ2n) is 14.5. The van der Waals surface area contributed by atoms with Crippen molar-refractivity contribution in [2.45, 2.75) is 131 Å². The number of carbonyl (C=O) groups is 4. The van der Waals surface area contributed by atoms with Crippen molar-refractivity contribution in [2.75, 3.05) is 33.2 Å². The maximum absolute atomic E-state index is 14.1. The molecule has 0 radical (unpaired) electrons. The second-order valence-corrected chi connectivity index (χ2v) is 14.5. The van der Waals surface area contributed by atoms with Crippen LogP contribution in [0.25, 0.3) is 0 Å². The Bertz CT molecular complexity index is 1170. The van der Waals surface area contributed by atoms with E-state index in [4.69, 9.17) is 10.5 Å². The fraction of sp³-hybridized carbons (Fsp3) is 0.771. The molecule has 2 aliphatic heterocycles. The predicted molar refractivity (Wildman–Crippen MR) is 178 cm³/mol. The van der Waals surface area contributed by atoms with Crippen LogP contribution in [-0.2, 0) is 19.2 Å². The lowest BCUT2D eigenvalue weighted by Gasteiger charge is -2.41. The van der Waals surface area contributed by atoms with E-state index in [1.807, 2.05) is 34.6 Å². The van der Waals surface area contributed by atoms with Gasteiger partial charge in [-0.3, -0.25) is 24.1 Å². The molecule has 4 atom stereocenters. The summed E-state index contributed by atoms with van der Waals surface area (Å²) in [6.45, 7) is 17.4. The lowest BCUT2D eigenvalue weighted by molar-refractivity contribution is -0.142. The first-order chi connectivity index (χ1) is 21.6. The van der Waals surface area contributed by atoms with Crippen LogP contribution in [0.15, 0.2) is 11.6 Å². The van der Waals surface area contributed by atoms with Gasteiger partial charge in [0.15, 0.2) is 0 Å². The topological polar surface area (TPSA) is 141 Å². The van der Waals surface area contributed by atoms with Gasteiger partial charge in [-0.2, -0.15) is 10.5 Å². The van der Waals surface area contributed by atoms with Crippen molar-refractivity contribution in [2.24, 2.45) is 11.3 Å². The van der Waals surface area contributed by atoms with E-state index in [1.54, 1.807) is 29.8 Å². The van der Waals surface area contributed by atoms with Crippen molar-refractivity contribution in [1.82, 2.24) is 24.9 Å². The zero-order chi connectivity index (χ0) is 34.8. The van der Waals surface area contributed by atoms with Gasteiger partial charge in [0.05, 0.1) is 37.1 Å². The predicted octanol–water partition coefficient (Wildman–Crippen LogP) is 3.86. The Kier molecular flexibility index (Phi) is 14.7. The number of nitrogens with one attached hydrogen (secondary N) is 1. The molecule has 2 aliphatic rings. The molecule has 0 aliphatic carbocycles. The molecule has 46 heavy (non-hydrogen) atoms. The fourth-order valence-corrected chi connectivity index (χ4v) is 6.58. The second kappa shape index (κ2) is 17.5. The Labute approximate surface area is 276 Å². The fourth-order valence-electron chi connectivity index (χ4n) is 6.58. The first-order valence-electron chi connectivity index (χ1n) is 16.9. The summed E-state index contributed by atoms with van der Waals surface area (Å²) < 4.78 is 0. The Morgan fingerprint density at radius 2 is 1.52 bits per heavy atom. The maximum Gasteiger partial charge on any atom is 0.249 e. The van der Waals surface area contributed by atoms with E-state index < -0.39 is 23.5 Å². The summed E-state index contributed by atoms with van der Waals surface area (Å²) in [4.78, 5) is 61.9. The smallest absolute Gasteiger partial charge is 0.249 e. The average molecular weight is 640 g/mol. The molecule has 2 heterocycles. The van der Waals surface area contributed by atoms with Gasteiger partial charge in [-0.15, -0.1) is 0 Å². The van der Waals surface area contributed by atoms with Crippen molar-refractivity contribution < 1.29 is 19.2 Å². The van der Waals surface area contributed by atoms with Crippen molar-refractivity contribution in [3.63, 3.8) is 0 Å². The number of rotatable bonds is 13. The first-order valence-corrected chi connectivity index (χ1v) is 16.9. The number of hydrogen-bond donors (Lipinski definition) is 1. The van der Waals surface area contributed by atoms with Crippen molar-refractivity contribution in [3.8, 4) is 12.1 Å². The Morgan fingerprint density at radius 3 is 2.04 bits per heavy atom. The lowest BCUT2D eigenvalue weighted by Crippen LogP contribution is -2.60. The molecule has 0 aromatic carbocycles. The highest BCUT2D eigenvalue weighted by molar-refractivity contribution is 5.97. The van der Waals surface area contributed by atoms with Gasteiger partial charge in [-0.05, 0) is 64.3 Å². The van der Waals surface area contributed by atoms with E-state index in [2.05, 4.69) is 36.2 Å². The molecule has 0 aromatic rings. The van der Waals surface area contributed by atoms with Crippen LogP contribution in [0.2, 0.25) is 0 Å². The highest BCUT2D eigenvalue weighted by Crippen LogP contribution is 2.27. The summed E-state index contributed by atoms with van der Waals surface area (Å²) in [5.74, 6) is -0.889. The minimum absolute atomic E-state index is 0.0359. The number of nitriles is 2. The summed E-state index contributed by atoms with van der Waals surface area (Å²) in [5, 5.41) is 21.2. The van der Waals surface area contributed by atoms with Crippen LogP contribution < -0.4 is 5.32 Å². The molecular weight excluding hydrogens is 582 g/mol. The minimum atomic E-state index is -0.764. The average Bonchev–Trinajstić information content (AvgIpc) is 3.50. The number of carbonyl (C=O) groups excluding carboxylic acids is 4. The Balaban J connectivity index is 2.29. The highest BCUT2D eigenvalue weighted by Gasteiger charge is 2.41. The van der Waals surface area contributed by atoms with Crippen molar-refractivity contribution in [1.29, 1.82) is 10.5 Å². The van der Waals surface area contributed by atoms with Crippen LogP contribution in [0.4, 0.5) is 0 Å². The van der Waals surface area contributed by atoms with Gasteiger partial charge < -0.3 is 20.0 Å². The number of hydrogen-bond acceptors (Lipinski definition) is 7. The standard InChI is InChI=1S/C35H57N7O4/c1-24(2)29(23-26(5)32(44)42-22-12-16-28(42)33(45)40(19-13-17-36)20-14-18-37)39(9)34(46)30(35(6,7)8)38-31(43)27-15-10-11-21-41(27)25(3)4/h23-25,27-30H,10-16,19-22H2,1-9H3,(H,38,43)/b26-23+/t27?,28?,29-,30?/m1/s1. The van der Waals surface area contributed by atoms with Crippen LogP contribution in [-0.4, -0.2) is 107 Å². The molecule has 1 N–H and O–H groups in total. The molecule has 11 heteroatoms. The largest absolute Gasteiger partial charge is 0.342 e. The van der Waals surface area contributed by atoms with E-state index >= 15 is 0 Å². The van der Waals surface area contributed by atoms with Crippen LogP contribution in [0.5, 0.6) is 0 Å². The lowest BCUT2D eigenvalue weighted by atomic mass is 9.84. The molecule has 0 spiro atoms. The van der Waals surface area contributed by atoms with Crippen molar-refractivity contribution >= 4 is 23.6 Å². The summed E-state index contributed by atoms with van der Waals surface area (Å²) in [6.07, 6.45) is 6.09. The van der Waals surface area contributed by atoms with Crippen LogP contribution in [0, 0.1) is 34.0 Å². The van der Waals surface area contributed by atoms with Crippen LogP contribution in [0.1, 0.15) is 100 Å². The first kappa shape index (κ1) is 38.7. The molecule has 2 saturated heterocycles. The third-order valence-electron chi connectivity index (χ3n) is 9.24. The third kappa shape index (κ3) is 10.0. The monoisotopic (exact) mass is 639 g/mol. The van der Waals surface area contributed by atoms with Gasteiger partial charge in [0.1, 0.15) is 12.1 Å². The van der Waals surface area contributed by atoms with E-state index in [-0.39, 0.29) is 67.6 Å². The number of piperidine rings is 1. The van der Waals surface area contributed by atoms with E-state index in [1.165, 1.54) is 4.90 Å².